The third-order valence-corrected chi connectivity index (χ3v) is 3.32. The Balaban J connectivity index is 1.91. The summed E-state index contributed by atoms with van der Waals surface area (Å²) in [5, 5.41) is 12.9. The van der Waals surface area contributed by atoms with Crippen LogP contribution in [0.15, 0.2) is 24.3 Å². The number of aromatic nitrogens is 2. The first kappa shape index (κ1) is 14.7. The quantitative estimate of drug-likeness (QED) is 0.850. The van der Waals surface area contributed by atoms with E-state index in [1.54, 1.807) is 7.11 Å². The van der Waals surface area contributed by atoms with Crippen LogP contribution in [0.1, 0.15) is 18.9 Å². The molecule has 0 unspecified atom stereocenters. The Morgan fingerprint density at radius 1 is 1.25 bits per heavy atom. The fraction of sp³-hybridized carbons (Fsp3) is 0.429. The minimum Gasteiger partial charge on any atom is -0.497 e. The highest BCUT2D eigenvalue weighted by atomic mass is 32.1. The van der Waals surface area contributed by atoms with E-state index in [2.05, 4.69) is 29.4 Å². The van der Waals surface area contributed by atoms with Gasteiger partial charge in [0.15, 0.2) is 0 Å². The van der Waals surface area contributed by atoms with E-state index in [0.29, 0.717) is 16.9 Å². The van der Waals surface area contributed by atoms with Crippen LogP contribution in [-0.4, -0.2) is 23.9 Å². The van der Waals surface area contributed by atoms with E-state index >= 15 is 0 Å². The van der Waals surface area contributed by atoms with Gasteiger partial charge in [-0.2, -0.15) is 0 Å². The lowest BCUT2D eigenvalue weighted by Crippen LogP contribution is -2.18. The highest BCUT2D eigenvalue weighted by Crippen LogP contribution is 2.27. The van der Waals surface area contributed by atoms with Crippen molar-refractivity contribution in [1.29, 1.82) is 0 Å². The van der Waals surface area contributed by atoms with E-state index < -0.39 is 0 Å². The molecule has 0 spiro atoms. The van der Waals surface area contributed by atoms with Crippen LogP contribution < -0.4 is 14.8 Å². The minimum atomic E-state index is 0.541. The van der Waals surface area contributed by atoms with Crippen LogP contribution in [-0.2, 0) is 6.54 Å². The number of nitrogens with one attached hydrogen (secondary N) is 1. The van der Waals surface area contributed by atoms with Crippen molar-refractivity contribution in [1.82, 2.24) is 15.5 Å². The van der Waals surface area contributed by atoms with Crippen LogP contribution >= 0.6 is 11.3 Å². The summed E-state index contributed by atoms with van der Waals surface area (Å²) in [7, 11) is 1.63. The number of hydrogen-bond acceptors (Lipinski definition) is 6. The van der Waals surface area contributed by atoms with Crippen LogP contribution in [0.25, 0.3) is 0 Å². The van der Waals surface area contributed by atoms with Gasteiger partial charge in [0.2, 0.25) is 0 Å². The Morgan fingerprint density at radius 3 is 2.80 bits per heavy atom. The molecule has 1 aromatic heterocycles. The van der Waals surface area contributed by atoms with Gasteiger partial charge in [0.05, 0.1) is 7.11 Å². The van der Waals surface area contributed by atoms with Gasteiger partial charge in [-0.1, -0.05) is 36.3 Å². The van der Waals surface area contributed by atoms with Crippen LogP contribution in [0.4, 0.5) is 0 Å². The number of nitrogens with zero attached hydrogens (tertiary/aromatic N) is 2. The molecule has 0 fully saturated rings. The average molecular weight is 293 g/mol. The van der Waals surface area contributed by atoms with Crippen molar-refractivity contribution in [2.75, 3.05) is 13.7 Å². The molecule has 20 heavy (non-hydrogen) atoms. The van der Waals surface area contributed by atoms with Crippen molar-refractivity contribution in [2.45, 2.75) is 20.4 Å². The highest BCUT2D eigenvalue weighted by Gasteiger charge is 2.07. The van der Waals surface area contributed by atoms with Crippen LogP contribution in [0.5, 0.6) is 16.7 Å². The van der Waals surface area contributed by atoms with Crippen molar-refractivity contribution in [2.24, 2.45) is 5.92 Å². The number of ether oxygens (including phenoxy) is 2. The molecule has 0 aliphatic heterocycles. The second-order valence-electron chi connectivity index (χ2n) is 4.77. The maximum atomic E-state index is 5.67. The molecule has 0 aliphatic carbocycles. The summed E-state index contributed by atoms with van der Waals surface area (Å²) in [6.45, 7) is 6.03. The fourth-order valence-corrected chi connectivity index (χ4v) is 2.26. The molecule has 5 nitrogen and oxygen atoms in total. The molecular weight excluding hydrogens is 274 g/mol. The zero-order chi connectivity index (χ0) is 14.4. The molecule has 0 saturated carbocycles. The van der Waals surface area contributed by atoms with Gasteiger partial charge in [-0.3, -0.25) is 0 Å². The number of benzene rings is 1. The molecule has 0 saturated heterocycles. The van der Waals surface area contributed by atoms with E-state index in [4.69, 9.17) is 9.47 Å². The zero-order valence-electron chi connectivity index (χ0n) is 11.9. The molecule has 6 heteroatoms. The molecule has 1 aromatic carbocycles. The summed E-state index contributed by atoms with van der Waals surface area (Å²) in [4.78, 5) is 0. The summed E-state index contributed by atoms with van der Waals surface area (Å²) in [5.41, 5.74) is 0. The second kappa shape index (κ2) is 7.21. The summed E-state index contributed by atoms with van der Waals surface area (Å²) < 4.78 is 10.8. The molecule has 0 atom stereocenters. The van der Waals surface area contributed by atoms with Gasteiger partial charge in [0.1, 0.15) is 16.5 Å². The SMILES string of the molecule is COc1cccc(Oc2nnc(CNCC(C)C)s2)c1. The van der Waals surface area contributed by atoms with Gasteiger partial charge in [0.25, 0.3) is 5.19 Å². The number of rotatable bonds is 7. The molecule has 2 aromatic rings. The molecule has 1 N–H and O–H groups in total. The number of methoxy groups -OCH3 is 1. The van der Waals surface area contributed by atoms with Gasteiger partial charge >= 0.3 is 0 Å². The number of hydrogen-bond donors (Lipinski definition) is 1. The first-order chi connectivity index (χ1) is 9.67. The first-order valence-electron chi connectivity index (χ1n) is 6.52. The molecule has 1 heterocycles. The third-order valence-electron chi connectivity index (χ3n) is 2.52. The van der Waals surface area contributed by atoms with Crippen LogP contribution in [0.3, 0.4) is 0 Å². The summed E-state index contributed by atoms with van der Waals surface area (Å²) >= 11 is 1.45. The van der Waals surface area contributed by atoms with Crippen LogP contribution in [0.2, 0.25) is 0 Å². The monoisotopic (exact) mass is 293 g/mol. The van der Waals surface area contributed by atoms with Crippen molar-refractivity contribution in [3.8, 4) is 16.7 Å². The Hall–Kier alpha value is -1.66. The Kier molecular flexibility index (Phi) is 5.31. The standard InChI is InChI=1S/C14H19N3O2S/c1-10(2)8-15-9-13-16-17-14(20-13)19-12-6-4-5-11(7-12)18-3/h4-7,10,15H,8-9H2,1-3H3. The van der Waals surface area contributed by atoms with E-state index in [1.807, 2.05) is 24.3 Å². The van der Waals surface area contributed by atoms with E-state index in [9.17, 15) is 0 Å². The van der Waals surface area contributed by atoms with Gasteiger partial charge in [0, 0.05) is 12.6 Å². The normalized spacial score (nSPS) is 10.8. The van der Waals surface area contributed by atoms with Gasteiger partial charge in [-0.15, -0.1) is 5.10 Å². The lowest BCUT2D eigenvalue weighted by atomic mass is 10.2. The van der Waals surface area contributed by atoms with Crippen molar-refractivity contribution < 1.29 is 9.47 Å². The van der Waals surface area contributed by atoms with Crippen molar-refractivity contribution in [3.63, 3.8) is 0 Å². The Morgan fingerprint density at radius 2 is 2.05 bits per heavy atom. The zero-order valence-corrected chi connectivity index (χ0v) is 12.7. The fourth-order valence-electron chi connectivity index (χ4n) is 1.58. The highest BCUT2D eigenvalue weighted by molar-refractivity contribution is 7.13. The lowest BCUT2D eigenvalue weighted by molar-refractivity contribution is 0.408. The van der Waals surface area contributed by atoms with Gasteiger partial charge < -0.3 is 14.8 Å². The average Bonchev–Trinajstić information content (AvgIpc) is 2.86. The smallest absolute Gasteiger partial charge is 0.299 e. The van der Waals surface area contributed by atoms with E-state index in [0.717, 1.165) is 23.8 Å². The predicted molar refractivity (Wildman–Crippen MR) is 79.5 cm³/mol. The molecule has 108 valence electrons. The third kappa shape index (κ3) is 4.47. The maximum absolute atomic E-state index is 5.67. The van der Waals surface area contributed by atoms with Gasteiger partial charge in [-0.05, 0) is 24.6 Å². The predicted octanol–water partition coefficient (Wildman–Crippen LogP) is 3.08. The molecule has 0 amide bonds. The van der Waals surface area contributed by atoms with Crippen LogP contribution in [0, 0.1) is 5.92 Å². The topological polar surface area (TPSA) is 56.3 Å². The molecular formula is C14H19N3O2S. The summed E-state index contributed by atoms with van der Waals surface area (Å²) in [6.07, 6.45) is 0. The van der Waals surface area contributed by atoms with Crippen molar-refractivity contribution in [3.05, 3.63) is 29.3 Å². The Labute approximate surface area is 123 Å². The minimum absolute atomic E-state index is 0.541. The molecule has 0 aliphatic rings. The second-order valence-corrected chi connectivity index (χ2v) is 5.79. The summed E-state index contributed by atoms with van der Waals surface area (Å²) in [5.74, 6) is 2.07. The molecule has 0 bridgehead atoms. The molecule has 2 rings (SSSR count). The maximum Gasteiger partial charge on any atom is 0.299 e. The molecule has 0 radical (unpaired) electrons. The van der Waals surface area contributed by atoms with Crippen molar-refractivity contribution >= 4 is 11.3 Å². The first-order valence-corrected chi connectivity index (χ1v) is 7.34. The van der Waals surface area contributed by atoms with E-state index in [-0.39, 0.29) is 0 Å². The summed E-state index contributed by atoms with van der Waals surface area (Å²) in [6, 6.07) is 7.42. The lowest BCUT2D eigenvalue weighted by Gasteiger charge is -2.04. The largest absolute Gasteiger partial charge is 0.497 e. The Bertz CT molecular complexity index is 543. The van der Waals surface area contributed by atoms with E-state index in [1.165, 1.54) is 11.3 Å². The van der Waals surface area contributed by atoms with Gasteiger partial charge in [-0.25, -0.2) is 0 Å².